The Hall–Kier alpha value is -1.06. The van der Waals surface area contributed by atoms with Gasteiger partial charge in [-0.25, -0.2) is 12.8 Å². The Bertz CT molecular complexity index is 677. The highest BCUT2D eigenvalue weighted by Gasteiger charge is 2.33. The van der Waals surface area contributed by atoms with E-state index in [1.54, 1.807) is 0 Å². The van der Waals surface area contributed by atoms with Crippen LogP contribution in [-0.4, -0.2) is 63.1 Å². The second-order valence-corrected chi connectivity index (χ2v) is 8.23. The molecule has 134 valence electrons. The molecule has 0 aromatic heterocycles. The summed E-state index contributed by atoms with van der Waals surface area (Å²) in [6.07, 6.45) is 2.21. The first kappa shape index (κ1) is 17.8. The number of hydrogen-bond acceptors (Lipinski definition) is 5. The van der Waals surface area contributed by atoms with Gasteiger partial charge in [-0.2, -0.15) is 4.31 Å². The van der Waals surface area contributed by atoms with Gasteiger partial charge in [0.05, 0.1) is 17.6 Å². The molecule has 2 saturated heterocycles. The van der Waals surface area contributed by atoms with Crippen LogP contribution in [0, 0.1) is 5.82 Å². The average molecular weight is 357 g/mol. The van der Waals surface area contributed by atoms with E-state index in [2.05, 4.69) is 4.90 Å². The first-order chi connectivity index (χ1) is 11.5. The molecule has 2 aliphatic heterocycles. The number of sulfonamides is 1. The van der Waals surface area contributed by atoms with Crippen molar-refractivity contribution in [2.45, 2.75) is 30.4 Å². The van der Waals surface area contributed by atoms with Crippen LogP contribution in [0.3, 0.4) is 0 Å². The van der Waals surface area contributed by atoms with Crippen molar-refractivity contribution in [3.63, 3.8) is 0 Å². The summed E-state index contributed by atoms with van der Waals surface area (Å²) in [5, 5.41) is 0. The van der Waals surface area contributed by atoms with E-state index in [1.165, 1.54) is 29.3 Å². The van der Waals surface area contributed by atoms with E-state index in [-0.39, 0.29) is 24.1 Å². The zero-order valence-electron chi connectivity index (χ0n) is 13.7. The maximum atomic E-state index is 13.6. The molecule has 2 N–H and O–H groups in total. The van der Waals surface area contributed by atoms with E-state index in [0.717, 1.165) is 25.7 Å². The van der Waals surface area contributed by atoms with Crippen LogP contribution < -0.4 is 5.73 Å². The highest BCUT2D eigenvalue weighted by atomic mass is 32.2. The van der Waals surface area contributed by atoms with Crippen LogP contribution in [0.1, 0.15) is 18.4 Å². The largest absolute Gasteiger partial charge is 0.374 e. The van der Waals surface area contributed by atoms with E-state index in [0.29, 0.717) is 18.7 Å². The molecule has 1 aromatic carbocycles. The molecule has 0 saturated carbocycles. The molecule has 6 nitrogen and oxygen atoms in total. The van der Waals surface area contributed by atoms with Crippen LogP contribution in [0.4, 0.5) is 4.39 Å². The van der Waals surface area contributed by atoms with E-state index in [1.807, 2.05) is 0 Å². The molecular weight excluding hydrogens is 333 g/mol. The lowest BCUT2D eigenvalue weighted by Crippen LogP contribution is -2.49. The van der Waals surface area contributed by atoms with Crippen LogP contribution >= 0.6 is 0 Å². The van der Waals surface area contributed by atoms with Crippen molar-refractivity contribution in [1.82, 2.24) is 9.21 Å². The maximum absolute atomic E-state index is 13.6. The lowest BCUT2D eigenvalue weighted by molar-refractivity contribution is -0.0167. The van der Waals surface area contributed by atoms with Crippen molar-refractivity contribution in [2.24, 2.45) is 5.73 Å². The Morgan fingerprint density at radius 3 is 2.71 bits per heavy atom. The number of likely N-dealkylation sites (tertiary alicyclic amines) is 1. The number of nitrogens with zero attached hydrogens (tertiary/aromatic N) is 2. The smallest absolute Gasteiger partial charge is 0.243 e. The van der Waals surface area contributed by atoms with Gasteiger partial charge in [-0.05, 0) is 43.6 Å². The number of halogens is 1. The number of hydrogen-bond donors (Lipinski definition) is 1. The first-order valence-corrected chi connectivity index (χ1v) is 9.77. The highest BCUT2D eigenvalue weighted by molar-refractivity contribution is 7.89. The van der Waals surface area contributed by atoms with Crippen molar-refractivity contribution in [2.75, 3.05) is 39.3 Å². The summed E-state index contributed by atoms with van der Waals surface area (Å²) < 4.78 is 46.6. The molecule has 3 rings (SSSR count). The molecule has 1 aromatic rings. The van der Waals surface area contributed by atoms with Gasteiger partial charge in [0.25, 0.3) is 0 Å². The molecule has 0 radical (unpaired) electrons. The third-order valence-electron chi connectivity index (χ3n) is 4.63. The van der Waals surface area contributed by atoms with Crippen molar-refractivity contribution < 1.29 is 17.5 Å². The summed E-state index contributed by atoms with van der Waals surface area (Å²) >= 11 is 0. The number of rotatable bonds is 5. The van der Waals surface area contributed by atoms with Gasteiger partial charge in [-0.15, -0.1) is 0 Å². The fourth-order valence-electron chi connectivity index (χ4n) is 3.35. The first-order valence-electron chi connectivity index (χ1n) is 8.33. The van der Waals surface area contributed by atoms with Crippen LogP contribution in [-0.2, 0) is 21.3 Å². The van der Waals surface area contributed by atoms with Gasteiger partial charge >= 0.3 is 0 Å². The highest BCUT2D eigenvalue weighted by Crippen LogP contribution is 2.24. The molecule has 0 amide bonds. The molecular formula is C16H24FN3O3S. The summed E-state index contributed by atoms with van der Waals surface area (Å²) in [7, 11) is -3.78. The number of benzene rings is 1. The second-order valence-electron chi connectivity index (χ2n) is 6.32. The minimum Gasteiger partial charge on any atom is -0.374 e. The molecule has 1 atom stereocenters. The van der Waals surface area contributed by atoms with Crippen molar-refractivity contribution >= 4 is 10.0 Å². The van der Waals surface area contributed by atoms with Crippen molar-refractivity contribution in [1.29, 1.82) is 0 Å². The zero-order chi connectivity index (χ0) is 17.2. The van der Waals surface area contributed by atoms with Gasteiger partial charge in [-0.1, -0.05) is 6.07 Å². The van der Waals surface area contributed by atoms with Crippen LogP contribution in [0.5, 0.6) is 0 Å². The summed E-state index contributed by atoms with van der Waals surface area (Å²) in [4.78, 5) is 2.26. The Balaban J connectivity index is 1.77. The Kier molecular flexibility index (Phi) is 5.51. The van der Waals surface area contributed by atoms with Crippen LogP contribution in [0.2, 0.25) is 0 Å². The molecule has 0 spiro atoms. The monoisotopic (exact) mass is 357 g/mol. The van der Waals surface area contributed by atoms with Gasteiger partial charge in [0.15, 0.2) is 0 Å². The fourth-order valence-corrected chi connectivity index (χ4v) is 5.05. The zero-order valence-corrected chi connectivity index (χ0v) is 14.5. The molecule has 24 heavy (non-hydrogen) atoms. The molecule has 2 aliphatic rings. The summed E-state index contributed by atoms with van der Waals surface area (Å²) in [6.45, 7) is 3.78. The lowest BCUT2D eigenvalue weighted by atomic mass is 10.2. The van der Waals surface area contributed by atoms with Gasteiger partial charge < -0.3 is 15.4 Å². The maximum Gasteiger partial charge on any atom is 0.243 e. The standard InChI is InChI=1S/C16H24FN3O3S/c17-14-4-3-13(10-18)16(9-14)24(21,22)20-7-8-23-15(12-20)11-19-5-1-2-6-19/h3-4,9,15H,1-2,5-8,10-12,18H2. The van der Waals surface area contributed by atoms with Crippen LogP contribution in [0.25, 0.3) is 0 Å². The molecule has 1 unspecified atom stereocenters. The SMILES string of the molecule is NCc1ccc(F)cc1S(=O)(=O)N1CCOC(CN2CCCC2)C1. The third-order valence-corrected chi connectivity index (χ3v) is 6.58. The Morgan fingerprint density at radius 1 is 1.25 bits per heavy atom. The van der Waals surface area contributed by atoms with E-state index >= 15 is 0 Å². The van der Waals surface area contributed by atoms with E-state index in [4.69, 9.17) is 10.5 Å². The van der Waals surface area contributed by atoms with Crippen molar-refractivity contribution in [3.8, 4) is 0 Å². The van der Waals surface area contributed by atoms with Gasteiger partial charge in [0, 0.05) is 26.2 Å². The predicted molar refractivity (Wildman–Crippen MR) is 88.5 cm³/mol. The predicted octanol–water partition coefficient (Wildman–Crippen LogP) is 0.770. The topological polar surface area (TPSA) is 75.9 Å². The minimum atomic E-state index is -3.78. The Morgan fingerprint density at radius 2 is 2.00 bits per heavy atom. The Labute approximate surface area is 142 Å². The van der Waals surface area contributed by atoms with Crippen LogP contribution in [0.15, 0.2) is 23.1 Å². The van der Waals surface area contributed by atoms with Gasteiger partial charge in [-0.3, -0.25) is 0 Å². The fraction of sp³-hybridized carbons (Fsp3) is 0.625. The minimum absolute atomic E-state index is 0.0353. The van der Waals surface area contributed by atoms with E-state index in [9.17, 15) is 12.8 Å². The molecule has 0 bridgehead atoms. The quantitative estimate of drug-likeness (QED) is 0.842. The van der Waals surface area contributed by atoms with Gasteiger partial charge in [0.2, 0.25) is 10.0 Å². The molecule has 0 aliphatic carbocycles. The average Bonchev–Trinajstić information content (AvgIpc) is 3.08. The summed E-state index contributed by atoms with van der Waals surface area (Å²) in [6, 6.07) is 3.73. The summed E-state index contributed by atoms with van der Waals surface area (Å²) in [5.74, 6) is -0.576. The third kappa shape index (κ3) is 3.78. The lowest BCUT2D eigenvalue weighted by Gasteiger charge is -2.34. The second kappa shape index (κ2) is 7.45. The molecule has 2 fully saturated rings. The van der Waals surface area contributed by atoms with Crippen molar-refractivity contribution in [3.05, 3.63) is 29.6 Å². The van der Waals surface area contributed by atoms with E-state index < -0.39 is 15.8 Å². The number of morpholine rings is 1. The number of nitrogens with two attached hydrogens (primary N) is 1. The molecule has 8 heteroatoms. The normalized spacial score (nSPS) is 23.7. The summed E-state index contributed by atoms with van der Waals surface area (Å²) in [5.41, 5.74) is 6.06. The number of ether oxygens (including phenoxy) is 1. The van der Waals surface area contributed by atoms with Gasteiger partial charge in [0.1, 0.15) is 5.82 Å². The molecule has 2 heterocycles.